The van der Waals surface area contributed by atoms with Gasteiger partial charge in [-0.1, -0.05) is 24.3 Å². The number of fused-ring (bicyclic) bond motifs is 1. The van der Waals surface area contributed by atoms with Crippen LogP contribution < -0.4 is 11.1 Å². The fourth-order valence-electron chi connectivity index (χ4n) is 3.58. The summed E-state index contributed by atoms with van der Waals surface area (Å²) in [5, 5.41) is 3.53. The predicted octanol–water partition coefficient (Wildman–Crippen LogP) is 2.74. The van der Waals surface area contributed by atoms with Crippen LogP contribution in [0.15, 0.2) is 47.7 Å². The molecule has 2 heteroatoms. The van der Waals surface area contributed by atoms with Gasteiger partial charge in [0.05, 0.1) is 0 Å². The van der Waals surface area contributed by atoms with Crippen molar-refractivity contribution in [2.45, 2.75) is 18.3 Å². The molecule has 1 aromatic rings. The van der Waals surface area contributed by atoms with E-state index in [2.05, 4.69) is 41.8 Å². The molecule has 4 rings (SSSR count). The van der Waals surface area contributed by atoms with Crippen LogP contribution in [0, 0.1) is 0 Å². The van der Waals surface area contributed by atoms with E-state index >= 15 is 0 Å². The molecule has 1 fully saturated rings. The maximum Gasteiger partial charge on any atom is 0.0388 e. The van der Waals surface area contributed by atoms with Crippen molar-refractivity contribution in [3.05, 3.63) is 58.8 Å². The first-order chi connectivity index (χ1) is 8.79. The second-order valence-electron chi connectivity index (χ2n) is 5.38. The maximum absolute atomic E-state index is 6.00. The zero-order valence-electron chi connectivity index (χ0n) is 10.2. The van der Waals surface area contributed by atoms with E-state index in [4.69, 9.17) is 5.73 Å². The predicted molar refractivity (Wildman–Crippen MR) is 75.0 cm³/mol. The Balaban J connectivity index is 2.06. The van der Waals surface area contributed by atoms with Crippen LogP contribution >= 0.6 is 0 Å². The summed E-state index contributed by atoms with van der Waals surface area (Å²) in [6.45, 7) is 1.05. The molecule has 0 radical (unpaired) electrons. The number of rotatable bonds is 0. The van der Waals surface area contributed by atoms with Gasteiger partial charge in [-0.2, -0.15) is 0 Å². The Morgan fingerprint density at radius 3 is 3.17 bits per heavy atom. The summed E-state index contributed by atoms with van der Waals surface area (Å²) in [6, 6.07) is 6.31. The third-order valence-electron chi connectivity index (χ3n) is 4.43. The molecular weight excluding hydrogens is 220 g/mol. The van der Waals surface area contributed by atoms with E-state index in [0.29, 0.717) is 0 Å². The molecular formula is C16H16N2. The van der Waals surface area contributed by atoms with Crippen molar-refractivity contribution in [1.82, 2.24) is 5.32 Å². The smallest absolute Gasteiger partial charge is 0.0388 e. The third-order valence-corrected chi connectivity index (χ3v) is 4.43. The van der Waals surface area contributed by atoms with Crippen molar-refractivity contribution >= 4 is 11.8 Å². The lowest BCUT2D eigenvalue weighted by Crippen LogP contribution is -2.43. The summed E-state index contributed by atoms with van der Waals surface area (Å²) in [6.07, 6.45) is 11.2. The summed E-state index contributed by atoms with van der Waals surface area (Å²) >= 11 is 0. The van der Waals surface area contributed by atoms with Crippen LogP contribution in [0.5, 0.6) is 0 Å². The second-order valence-corrected chi connectivity index (χ2v) is 5.38. The molecule has 1 atom stereocenters. The number of nitrogens with one attached hydrogen (secondary N) is 1. The number of anilines is 1. The highest BCUT2D eigenvalue weighted by atomic mass is 14.9. The minimum Gasteiger partial charge on any atom is -0.399 e. The average Bonchev–Trinajstić information content (AvgIpc) is 2.40. The Bertz CT molecular complexity index is 622. The van der Waals surface area contributed by atoms with Crippen LogP contribution in [0.2, 0.25) is 0 Å². The van der Waals surface area contributed by atoms with Gasteiger partial charge in [-0.15, -0.1) is 0 Å². The maximum atomic E-state index is 6.00. The summed E-state index contributed by atoms with van der Waals surface area (Å²) < 4.78 is 0. The van der Waals surface area contributed by atoms with Crippen LogP contribution in [0.4, 0.5) is 5.69 Å². The lowest BCUT2D eigenvalue weighted by Gasteiger charge is -2.46. The van der Waals surface area contributed by atoms with Crippen molar-refractivity contribution < 1.29 is 0 Å². The van der Waals surface area contributed by atoms with Crippen LogP contribution in [0.25, 0.3) is 6.08 Å². The Morgan fingerprint density at radius 2 is 2.22 bits per heavy atom. The number of nitrogens with two attached hydrogens (primary N) is 1. The number of piperidine rings is 1. The molecule has 1 heterocycles. The zero-order valence-corrected chi connectivity index (χ0v) is 10.2. The molecule has 0 aromatic heterocycles. The van der Waals surface area contributed by atoms with Crippen LogP contribution in [0.1, 0.15) is 24.0 Å². The summed E-state index contributed by atoms with van der Waals surface area (Å²) in [7, 11) is 0. The second kappa shape index (κ2) is 3.29. The highest BCUT2D eigenvalue weighted by Crippen LogP contribution is 2.51. The molecule has 1 aromatic carbocycles. The Kier molecular flexibility index (Phi) is 1.83. The normalized spacial score (nSPS) is 27.6. The fourth-order valence-corrected chi connectivity index (χ4v) is 3.58. The SMILES string of the molecule is Nc1ccc2c(c1)C13CC=CC=C1C(=C2)NCC3. The first-order valence-electron chi connectivity index (χ1n) is 6.53. The summed E-state index contributed by atoms with van der Waals surface area (Å²) in [5.41, 5.74) is 12.5. The number of benzene rings is 1. The number of allylic oxidation sites excluding steroid dienone is 4. The van der Waals surface area contributed by atoms with Gasteiger partial charge >= 0.3 is 0 Å². The fraction of sp³-hybridized carbons (Fsp3) is 0.250. The van der Waals surface area contributed by atoms with Gasteiger partial charge in [0, 0.05) is 23.3 Å². The van der Waals surface area contributed by atoms with Crippen LogP contribution in [-0.2, 0) is 5.41 Å². The minimum atomic E-state index is 0.162. The van der Waals surface area contributed by atoms with E-state index < -0.39 is 0 Å². The van der Waals surface area contributed by atoms with Gasteiger partial charge in [0.2, 0.25) is 0 Å². The first-order valence-corrected chi connectivity index (χ1v) is 6.53. The van der Waals surface area contributed by atoms with Gasteiger partial charge in [-0.3, -0.25) is 0 Å². The zero-order chi connectivity index (χ0) is 12.2. The third kappa shape index (κ3) is 1.13. The summed E-state index contributed by atoms with van der Waals surface area (Å²) in [4.78, 5) is 0. The molecule has 2 aliphatic carbocycles. The molecule has 1 aliphatic heterocycles. The molecule has 3 aliphatic rings. The van der Waals surface area contributed by atoms with Crippen molar-refractivity contribution in [2.75, 3.05) is 12.3 Å². The van der Waals surface area contributed by atoms with E-state index in [1.807, 2.05) is 6.07 Å². The van der Waals surface area contributed by atoms with Crippen LogP contribution in [0.3, 0.4) is 0 Å². The van der Waals surface area contributed by atoms with Gasteiger partial charge < -0.3 is 11.1 Å². The van der Waals surface area contributed by atoms with Gasteiger partial charge in [0.1, 0.15) is 0 Å². The van der Waals surface area contributed by atoms with Crippen LogP contribution in [-0.4, -0.2) is 6.54 Å². The van der Waals surface area contributed by atoms with Crippen molar-refractivity contribution in [3.63, 3.8) is 0 Å². The molecule has 0 saturated carbocycles. The Morgan fingerprint density at radius 1 is 1.28 bits per heavy atom. The van der Waals surface area contributed by atoms with Crippen molar-refractivity contribution in [2.24, 2.45) is 0 Å². The van der Waals surface area contributed by atoms with E-state index in [1.165, 1.54) is 22.4 Å². The van der Waals surface area contributed by atoms with Gasteiger partial charge in [0.25, 0.3) is 0 Å². The van der Waals surface area contributed by atoms with Crippen molar-refractivity contribution in [1.29, 1.82) is 0 Å². The Labute approximate surface area is 107 Å². The van der Waals surface area contributed by atoms with Gasteiger partial charge in [-0.05, 0) is 47.8 Å². The molecule has 3 N–H and O–H groups in total. The highest BCUT2D eigenvalue weighted by Gasteiger charge is 2.43. The standard InChI is InChI=1S/C16H16N2/c17-12-5-4-11-9-15-13-3-1-2-6-16(13,7-8-18-15)14(11)10-12/h1-5,9-10,18H,6-8,17H2. The largest absolute Gasteiger partial charge is 0.399 e. The molecule has 2 bridgehead atoms. The number of hydrogen-bond acceptors (Lipinski definition) is 2. The molecule has 0 amide bonds. The first kappa shape index (κ1) is 10.0. The number of hydrogen-bond donors (Lipinski definition) is 2. The van der Waals surface area contributed by atoms with Gasteiger partial charge in [0.15, 0.2) is 0 Å². The van der Waals surface area contributed by atoms with E-state index in [0.717, 1.165) is 25.1 Å². The molecule has 0 spiro atoms. The summed E-state index contributed by atoms with van der Waals surface area (Å²) in [5.74, 6) is 0. The lowest BCUT2D eigenvalue weighted by molar-refractivity contribution is 0.419. The monoisotopic (exact) mass is 236 g/mol. The lowest BCUT2D eigenvalue weighted by atomic mass is 9.61. The van der Waals surface area contributed by atoms with E-state index in [-0.39, 0.29) is 5.41 Å². The van der Waals surface area contributed by atoms with E-state index in [9.17, 15) is 0 Å². The van der Waals surface area contributed by atoms with Crippen molar-refractivity contribution in [3.8, 4) is 0 Å². The minimum absolute atomic E-state index is 0.162. The molecule has 1 saturated heterocycles. The topological polar surface area (TPSA) is 38.0 Å². The molecule has 90 valence electrons. The quantitative estimate of drug-likeness (QED) is 0.680. The molecule has 18 heavy (non-hydrogen) atoms. The Hall–Kier alpha value is -1.96. The van der Waals surface area contributed by atoms with Gasteiger partial charge in [-0.25, -0.2) is 0 Å². The number of nitrogen functional groups attached to an aromatic ring is 1. The highest BCUT2D eigenvalue weighted by molar-refractivity contribution is 5.74. The molecule has 1 unspecified atom stereocenters. The molecule has 2 nitrogen and oxygen atoms in total. The van der Waals surface area contributed by atoms with E-state index in [1.54, 1.807) is 0 Å². The average molecular weight is 236 g/mol.